The lowest BCUT2D eigenvalue weighted by molar-refractivity contribution is -0.217. The van der Waals surface area contributed by atoms with Crippen molar-refractivity contribution >= 4 is 34.4 Å². The Hall–Kier alpha value is -5.45. The van der Waals surface area contributed by atoms with Crippen LogP contribution in [0.5, 0.6) is 5.75 Å². The Labute approximate surface area is 440 Å². The van der Waals surface area contributed by atoms with Crippen LogP contribution in [0, 0.1) is 11.3 Å². The number of piperazine rings is 1. The van der Waals surface area contributed by atoms with Crippen LogP contribution in [-0.2, 0) is 44.0 Å². The van der Waals surface area contributed by atoms with Gasteiger partial charge in [-0.3, -0.25) is 33.3 Å². The SMILES string of the molecule is COc1ccc([C@]2(CCN(Cc3ccc(C4=CC[C@H](CN5CCN(C(=O)c6ccc7c8c6CCCn8c(=O)n7[C@@H](CCC(=O)OC(C)(C)C)C(N)=O)CC5)CC4)cc3)CC(C)(C)C(F)(F)F)CCOC(C)(C)C2)cc1. The highest BCUT2D eigenvalue weighted by molar-refractivity contribution is 6.01. The Morgan fingerprint density at radius 3 is 2.24 bits per heavy atom. The molecule has 0 saturated carbocycles. The fourth-order valence-electron chi connectivity index (χ4n) is 12.2. The molecule has 13 nitrogen and oxygen atoms in total. The van der Waals surface area contributed by atoms with Crippen LogP contribution in [0.4, 0.5) is 13.2 Å². The van der Waals surface area contributed by atoms with Gasteiger partial charge in [-0.05, 0) is 171 Å². The molecule has 4 heterocycles. The van der Waals surface area contributed by atoms with Crippen LogP contribution in [0.25, 0.3) is 16.6 Å². The molecule has 0 bridgehead atoms. The van der Waals surface area contributed by atoms with Crippen LogP contribution in [0.1, 0.15) is 145 Å². The number of hydrogen-bond donors (Lipinski definition) is 1. The Balaban J connectivity index is 0.872. The molecule has 75 heavy (non-hydrogen) atoms. The van der Waals surface area contributed by atoms with Crippen molar-refractivity contribution in [2.45, 2.75) is 155 Å². The maximum Gasteiger partial charge on any atom is 0.395 e. The zero-order valence-corrected chi connectivity index (χ0v) is 45.5. The summed E-state index contributed by atoms with van der Waals surface area (Å²) in [4.78, 5) is 59.8. The molecule has 8 rings (SSSR count). The summed E-state index contributed by atoms with van der Waals surface area (Å²) in [5.41, 5.74) is 9.38. The van der Waals surface area contributed by atoms with Crippen molar-refractivity contribution in [2.24, 2.45) is 17.1 Å². The van der Waals surface area contributed by atoms with Gasteiger partial charge < -0.3 is 24.8 Å². The van der Waals surface area contributed by atoms with E-state index in [2.05, 4.69) is 61.2 Å². The molecule has 0 radical (unpaired) electrons. The Kier molecular flexibility index (Phi) is 16.6. The van der Waals surface area contributed by atoms with Crippen molar-refractivity contribution in [3.63, 3.8) is 0 Å². The lowest BCUT2D eigenvalue weighted by Crippen LogP contribution is -2.50. The monoisotopic (exact) mass is 1040 g/mol. The minimum absolute atomic E-state index is 0.0145. The van der Waals surface area contributed by atoms with Crippen LogP contribution < -0.4 is 16.2 Å². The van der Waals surface area contributed by atoms with Crippen molar-refractivity contribution in [1.29, 1.82) is 0 Å². The van der Waals surface area contributed by atoms with E-state index in [1.54, 1.807) is 44.6 Å². The normalized spacial score (nSPS) is 21.0. The van der Waals surface area contributed by atoms with Gasteiger partial charge in [0.2, 0.25) is 5.91 Å². The number of nitrogens with two attached hydrogens (primary N) is 1. The first-order valence-corrected chi connectivity index (χ1v) is 27.0. The minimum atomic E-state index is -4.35. The number of benzene rings is 3. The zero-order chi connectivity index (χ0) is 54.1. The second kappa shape index (κ2) is 22.3. The number of ether oxygens (including phenoxy) is 3. The van der Waals surface area contributed by atoms with Gasteiger partial charge >= 0.3 is 17.8 Å². The van der Waals surface area contributed by atoms with E-state index in [-0.39, 0.29) is 42.0 Å². The quantitative estimate of drug-likeness (QED) is 0.0965. The summed E-state index contributed by atoms with van der Waals surface area (Å²) >= 11 is 0. The number of methoxy groups -OCH3 is 1. The smallest absolute Gasteiger partial charge is 0.395 e. The topological polar surface area (TPSA) is 142 Å². The van der Waals surface area contributed by atoms with Gasteiger partial charge in [0.05, 0.1) is 29.2 Å². The summed E-state index contributed by atoms with van der Waals surface area (Å²) in [6.45, 7) is 17.5. The number of imidazole rings is 1. The number of halogens is 3. The molecule has 3 aromatic carbocycles. The lowest BCUT2D eigenvalue weighted by atomic mass is 9.67. The summed E-state index contributed by atoms with van der Waals surface area (Å²) in [5.74, 6) is -0.0165. The Morgan fingerprint density at radius 1 is 0.920 bits per heavy atom. The number of esters is 1. The molecule has 1 aliphatic carbocycles. The third-order valence-electron chi connectivity index (χ3n) is 16.2. The first-order chi connectivity index (χ1) is 35.4. The predicted molar refractivity (Wildman–Crippen MR) is 286 cm³/mol. The van der Waals surface area contributed by atoms with Gasteiger partial charge in [0, 0.05) is 76.4 Å². The summed E-state index contributed by atoms with van der Waals surface area (Å²) < 4.78 is 63.4. The maximum absolute atomic E-state index is 14.4. The van der Waals surface area contributed by atoms with Crippen molar-refractivity contribution in [1.82, 2.24) is 23.8 Å². The van der Waals surface area contributed by atoms with Crippen LogP contribution in [-0.4, -0.2) is 119 Å². The third kappa shape index (κ3) is 12.9. The third-order valence-corrected chi connectivity index (χ3v) is 16.2. The summed E-state index contributed by atoms with van der Waals surface area (Å²) in [6, 6.07) is 19.0. The van der Waals surface area contributed by atoms with Gasteiger partial charge in [0.15, 0.2) is 0 Å². The molecule has 2 N–H and O–H groups in total. The summed E-state index contributed by atoms with van der Waals surface area (Å²) in [5, 5.41) is 0. The van der Waals surface area contributed by atoms with Crippen molar-refractivity contribution in [2.75, 3.05) is 59.5 Å². The number of primary amides is 1. The molecular weight excluding hydrogens is 962 g/mol. The number of amides is 2. The van der Waals surface area contributed by atoms with E-state index in [1.165, 1.54) is 24.0 Å². The van der Waals surface area contributed by atoms with Crippen molar-refractivity contribution in [3.8, 4) is 5.75 Å². The molecule has 2 amide bonds. The molecule has 4 aromatic rings. The van der Waals surface area contributed by atoms with Crippen LogP contribution in [0.15, 0.2) is 71.5 Å². The number of nitrogens with zero attached hydrogens (tertiary/aromatic N) is 5. The molecule has 4 aliphatic rings. The fourth-order valence-corrected chi connectivity index (χ4v) is 12.2. The lowest BCUT2D eigenvalue weighted by Gasteiger charge is -2.46. The highest BCUT2D eigenvalue weighted by Gasteiger charge is 2.49. The summed E-state index contributed by atoms with van der Waals surface area (Å²) in [7, 11) is 1.64. The number of carbonyl (C=O) groups excluding carboxylic acids is 3. The molecule has 1 aromatic heterocycles. The second-order valence-corrected chi connectivity index (χ2v) is 24.0. The molecule has 0 spiro atoms. The van der Waals surface area contributed by atoms with Gasteiger partial charge in [-0.2, -0.15) is 13.2 Å². The average Bonchev–Trinajstić information content (AvgIpc) is 3.64. The molecule has 3 atom stereocenters. The summed E-state index contributed by atoms with van der Waals surface area (Å²) in [6.07, 6.45) is 4.37. The van der Waals surface area contributed by atoms with E-state index < -0.39 is 35.1 Å². The number of aryl methyl sites for hydroxylation is 2. The van der Waals surface area contributed by atoms with Gasteiger partial charge in [0.25, 0.3) is 5.91 Å². The average molecular weight is 1040 g/mol. The highest BCUT2D eigenvalue weighted by Crippen LogP contribution is 2.46. The molecule has 408 valence electrons. The predicted octanol–water partition coefficient (Wildman–Crippen LogP) is 9.86. The molecule has 2 fully saturated rings. The largest absolute Gasteiger partial charge is 0.497 e. The standard InChI is InChI=1S/C59H79F3N6O7/c1-55(2,3)75-50(69)26-25-49(52(63)70)68-48-24-23-47(46-10-9-29-67(51(46)48)54(68)72)53(71)66-33-31-64(32-34-66)36-40-11-15-42(16-12-40)43-17-13-41(14-18-43)37-65(39-56(4,5)59(60,61)62)30-27-58(28-35-74-57(6,7)38-58)44-19-21-45(73-8)22-20-44/h13-15,17-24,40,49H,9-12,16,25-39H2,1-8H3,(H2,63,70)/t40-,49-,58+/m0/s1. The fraction of sp³-hybridized carbons (Fsp3) is 0.593. The van der Waals surface area contributed by atoms with Gasteiger partial charge in [-0.1, -0.05) is 42.5 Å². The maximum atomic E-state index is 14.4. The van der Waals surface area contributed by atoms with Gasteiger partial charge in [0.1, 0.15) is 17.4 Å². The van der Waals surface area contributed by atoms with Gasteiger partial charge in [-0.25, -0.2) is 4.79 Å². The molecule has 2 saturated heterocycles. The van der Waals surface area contributed by atoms with Crippen molar-refractivity contribution < 1.29 is 41.8 Å². The Morgan fingerprint density at radius 2 is 1.63 bits per heavy atom. The first-order valence-electron chi connectivity index (χ1n) is 27.0. The minimum Gasteiger partial charge on any atom is -0.497 e. The number of allylic oxidation sites excluding steroid dienone is 2. The number of alkyl halides is 3. The van der Waals surface area contributed by atoms with E-state index in [9.17, 15) is 32.3 Å². The molecule has 16 heteroatoms. The number of aromatic nitrogens is 2. The van der Waals surface area contributed by atoms with E-state index in [1.807, 2.05) is 21.9 Å². The van der Waals surface area contributed by atoms with Crippen molar-refractivity contribution in [3.05, 3.63) is 105 Å². The van der Waals surface area contributed by atoms with E-state index in [4.69, 9.17) is 19.9 Å². The number of carbonyl (C=O) groups is 3. The zero-order valence-electron chi connectivity index (χ0n) is 45.5. The second-order valence-electron chi connectivity index (χ2n) is 24.0. The molecular formula is C59H79F3N6O7. The Bertz CT molecular complexity index is 2780. The van der Waals surface area contributed by atoms with E-state index >= 15 is 0 Å². The highest BCUT2D eigenvalue weighted by atomic mass is 19.4. The number of rotatable bonds is 18. The molecule has 0 unspecified atom stereocenters. The number of hydrogen-bond acceptors (Lipinski definition) is 9. The van der Waals surface area contributed by atoms with Gasteiger partial charge in [-0.15, -0.1) is 0 Å². The molecule has 3 aliphatic heterocycles. The van der Waals surface area contributed by atoms with E-state index in [0.29, 0.717) is 81.1 Å². The van der Waals surface area contributed by atoms with Crippen LogP contribution in [0.2, 0.25) is 0 Å². The first kappa shape index (κ1) is 55.8. The van der Waals surface area contributed by atoms with Crippen LogP contribution >= 0.6 is 0 Å². The van der Waals surface area contributed by atoms with Crippen LogP contribution in [0.3, 0.4) is 0 Å². The van der Waals surface area contributed by atoms with E-state index in [0.717, 1.165) is 79.7 Å².